The van der Waals surface area contributed by atoms with Gasteiger partial charge in [0.15, 0.2) is 0 Å². The molecule has 2 amide bonds. The van der Waals surface area contributed by atoms with Gasteiger partial charge in [-0.3, -0.25) is 15.4 Å². The smallest absolute Gasteiger partial charge is 0.412 e. The summed E-state index contributed by atoms with van der Waals surface area (Å²) < 4.78 is 40.3. The average molecular weight is 676 g/mol. The normalized spacial score (nSPS) is 20.4. The third-order valence-corrected chi connectivity index (χ3v) is 10.4. The van der Waals surface area contributed by atoms with Crippen LogP contribution in [-0.2, 0) is 19.5 Å². The van der Waals surface area contributed by atoms with Crippen molar-refractivity contribution in [1.29, 1.82) is 0 Å². The Morgan fingerprint density at radius 1 is 1.11 bits per heavy atom. The first-order chi connectivity index (χ1) is 21.5. The Labute approximate surface area is 273 Å². The second-order valence-corrected chi connectivity index (χ2v) is 15.6. The Morgan fingerprint density at radius 2 is 1.80 bits per heavy atom. The predicted molar refractivity (Wildman–Crippen MR) is 174 cm³/mol. The monoisotopic (exact) mass is 675 g/mol. The van der Waals surface area contributed by atoms with Gasteiger partial charge < -0.3 is 14.8 Å². The van der Waals surface area contributed by atoms with E-state index in [9.17, 15) is 28.1 Å². The van der Waals surface area contributed by atoms with Crippen LogP contribution in [0.3, 0.4) is 0 Å². The molecule has 0 saturated heterocycles. The van der Waals surface area contributed by atoms with Gasteiger partial charge in [0.05, 0.1) is 31.7 Å². The first-order valence-corrected chi connectivity index (χ1v) is 17.5. The van der Waals surface area contributed by atoms with Crippen LogP contribution in [0.4, 0.5) is 15.3 Å². The van der Waals surface area contributed by atoms with Crippen LogP contribution in [0, 0.1) is 16.0 Å². The number of anilines is 1. The molecule has 0 aliphatic heterocycles. The highest BCUT2D eigenvalue weighted by molar-refractivity contribution is 7.89. The zero-order valence-corrected chi connectivity index (χ0v) is 28.4. The molecule has 2 aromatic rings. The van der Waals surface area contributed by atoms with E-state index in [0.717, 1.165) is 17.8 Å². The lowest BCUT2D eigenvalue weighted by Crippen LogP contribution is -2.40. The van der Waals surface area contributed by atoms with E-state index in [1.807, 2.05) is 0 Å². The van der Waals surface area contributed by atoms with Crippen molar-refractivity contribution in [1.82, 2.24) is 15.0 Å². The molecule has 0 bridgehead atoms. The predicted octanol–water partition coefficient (Wildman–Crippen LogP) is 6.68. The molecule has 2 aliphatic carbocycles. The fourth-order valence-electron chi connectivity index (χ4n) is 5.38. The molecule has 1 unspecified atom stereocenters. The number of aromatic nitrogens is 1. The number of carbonyl (C=O) groups is 2. The number of sulfonamides is 1. The largest absolute Gasteiger partial charge is 0.447 e. The Hall–Kier alpha value is -3.82. The van der Waals surface area contributed by atoms with Crippen LogP contribution in [0.2, 0.25) is 0 Å². The van der Waals surface area contributed by atoms with Gasteiger partial charge in [-0.1, -0.05) is 13.0 Å². The molecule has 1 fully saturated rings. The second-order valence-electron chi connectivity index (χ2n) is 12.9. The third kappa shape index (κ3) is 9.36. The van der Waals surface area contributed by atoms with Gasteiger partial charge in [-0.15, -0.1) is 11.3 Å². The van der Waals surface area contributed by atoms with Crippen LogP contribution in [0.25, 0.3) is 10.4 Å². The molecule has 46 heavy (non-hydrogen) atoms. The lowest BCUT2D eigenvalue weighted by molar-refractivity contribution is -0.433. The van der Waals surface area contributed by atoms with Crippen molar-refractivity contribution in [2.75, 3.05) is 5.32 Å². The van der Waals surface area contributed by atoms with Crippen molar-refractivity contribution in [3.05, 3.63) is 63.1 Å². The number of nitrogens with zero attached hydrogens (tertiary/aromatic N) is 2. The molecule has 0 spiro atoms. The maximum Gasteiger partial charge on any atom is 0.412 e. The molecule has 0 radical (unpaired) electrons. The fraction of sp³-hybridized carbons (Fsp3) is 0.516. The van der Waals surface area contributed by atoms with Crippen molar-refractivity contribution in [3.8, 4) is 10.4 Å². The minimum Gasteiger partial charge on any atom is -0.447 e. The van der Waals surface area contributed by atoms with E-state index >= 15 is 0 Å². The molecule has 250 valence electrons. The third-order valence-electron chi connectivity index (χ3n) is 7.38. The maximum absolute atomic E-state index is 13.5. The van der Waals surface area contributed by atoms with E-state index in [0.29, 0.717) is 29.0 Å². The summed E-state index contributed by atoms with van der Waals surface area (Å²) in [6, 6.07) is 4.62. The molecule has 2 aliphatic rings. The van der Waals surface area contributed by atoms with Crippen LogP contribution >= 0.6 is 11.3 Å². The van der Waals surface area contributed by atoms with E-state index < -0.39 is 32.7 Å². The number of allylic oxidation sites excluding steroid dienone is 4. The van der Waals surface area contributed by atoms with Crippen molar-refractivity contribution in [3.63, 3.8) is 0 Å². The zero-order chi connectivity index (χ0) is 33.8. The van der Waals surface area contributed by atoms with Gasteiger partial charge in [0.25, 0.3) is 0 Å². The Balaban J connectivity index is 1.43. The highest BCUT2D eigenvalue weighted by Gasteiger charge is 2.30. The van der Waals surface area contributed by atoms with E-state index in [1.54, 1.807) is 59.9 Å². The minimum absolute atomic E-state index is 0.0129. The van der Waals surface area contributed by atoms with Gasteiger partial charge in [-0.2, -0.15) is 0 Å². The topological polar surface area (TPSA) is 179 Å². The number of hydrogen-bond acceptors (Lipinski definition) is 10. The molecule has 3 N–H and O–H groups in total. The number of nitro groups is 1. The quantitative estimate of drug-likeness (QED) is 0.193. The summed E-state index contributed by atoms with van der Waals surface area (Å²) in [6.07, 6.45) is 6.14. The zero-order valence-electron chi connectivity index (χ0n) is 26.8. The lowest BCUT2D eigenvalue weighted by Gasteiger charge is -2.28. The first-order valence-electron chi connectivity index (χ1n) is 15.2. The molecule has 1 saturated carbocycles. The Morgan fingerprint density at radius 3 is 2.41 bits per heavy atom. The van der Waals surface area contributed by atoms with Crippen molar-refractivity contribution < 1.29 is 32.4 Å². The number of rotatable bonds is 9. The summed E-state index contributed by atoms with van der Waals surface area (Å²) in [4.78, 5) is 40.7. The van der Waals surface area contributed by atoms with Gasteiger partial charge >= 0.3 is 12.2 Å². The number of thiazole rings is 1. The molecule has 15 heteroatoms. The average Bonchev–Trinajstić information content (AvgIpc) is 3.42. The van der Waals surface area contributed by atoms with Crippen LogP contribution in [0.5, 0.6) is 0 Å². The summed E-state index contributed by atoms with van der Waals surface area (Å²) in [6.45, 7) is 10.4. The number of nitrogens with one attached hydrogen (secondary N) is 3. The summed E-state index contributed by atoms with van der Waals surface area (Å²) in [5.41, 5.74) is 0.101. The van der Waals surface area contributed by atoms with Crippen molar-refractivity contribution >= 4 is 39.2 Å². The van der Waals surface area contributed by atoms with Crippen LogP contribution in [0.1, 0.15) is 84.6 Å². The molecule has 1 aromatic carbocycles. The number of amides is 2. The Bertz CT molecular complexity index is 1630. The van der Waals surface area contributed by atoms with E-state index in [4.69, 9.17) is 9.47 Å². The standard InChI is InChI=1S/C31H41N5O8S2/c1-18(2)43-29(37)34-22-11-13-24(27(16-22)46(41,42)35-31(4,5)6)26-17-32-28(45-26)20-7-9-21(10-8-20)33-30(38)44-23-12-14-25(36(39)40)19(3)15-23/h11-14,16-21,35H,7-10,15H2,1-6H3,(H,33,38)(H,34,37). The number of hydrogen-bond donors (Lipinski definition) is 3. The van der Waals surface area contributed by atoms with Gasteiger partial charge in [0.2, 0.25) is 15.7 Å². The van der Waals surface area contributed by atoms with Gasteiger partial charge in [-0.05, 0) is 78.5 Å². The highest BCUT2D eigenvalue weighted by Crippen LogP contribution is 2.40. The van der Waals surface area contributed by atoms with Crippen molar-refractivity contribution in [2.24, 2.45) is 5.92 Å². The highest BCUT2D eigenvalue weighted by atomic mass is 32.2. The maximum atomic E-state index is 13.5. The molecule has 1 atom stereocenters. The van der Waals surface area contributed by atoms with E-state index in [1.165, 1.54) is 29.6 Å². The SMILES string of the molecule is CC(C)OC(=O)Nc1ccc(-c2cnc(C3CCC(NC(=O)OC4=CC=C([N+](=O)[O-])C(C)C4)CC3)s2)c(S(=O)(=O)NC(C)(C)C)c1. The fourth-order valence-corrected chi connectivity index (χ4v) is 8.24. The Kier molecular flexibility index (Phi) is 10.9. The lowest BCUT2D eigenvalue weighted by atomic mass is 9.86. The minimum atomic E-state index is -3.99. The first kappa shape index (κ1) is 35.0. The number of carbonyl (C=O) groups excluding carboxylic acids is 2. The van der Waals surface area contributed by atoms with Crippen LogP contribution in [0.15, 0.2) is 52.9 Å². The molecular weight excluding hydrogens is 635 g/mol. The summed E-state index contributed by atoms with van der Waals surface area (Å²) in [7, 11) is -3.99. The van der Waals surface area contributed by atoms with Crippen molar-refractivity contribution in [2.45, 2.75) is 102 Å². The number of ether oxygens (including phenoxy) is 2. The summed E-state index contributed by atoms with van der Waals surface area (Å²) in [5.74, 6) is 0.174. The van der Waals surface area contributed by atoms with Gasteiger partial charge in [0.1, 0.15) is 5.76 Å². The molecular formula is C31H41N5O8S2. The van der Waals surface area contributed by atoms with E-state index in [2.05, 4.69) is 20.3 Å². The van der Waals surface area contributed by atoms with Gasteiger partial charge in [0, 0.05) is 47.4 Å². The second kappa shape index (κ2) is 14.3. The molecule has 1 aromatic heterocycles. The molecule has 13 nitrogen and oxygen atoms in total. The molecule has 4 rings (SSSR count). The van der Waals surface area contributed by atoms with Crippen LogP contribution in [-0.4, -0.2) is 48.2 Å². The van der Waals surface area contributed by atoms with E-state index in [-0.39, 0.29) is 46.7 Å². The summed E-state index contributed by atoms with van der Waals surface area (Å²) >= 11 is 1.42. The van der Waals surface area contributed by atoms with Gasteiger partial charge in [-0.25, -0.2) is 27.7 Å². The number of alkyl carbamates (subject to hydrolysis) is 1. The summed E-state index contributed by atoms with van der Waals surface area (Å²) in [5, 5.41) is 17.4. The molecule has 1 heterocycles. The van der Waals surface area contributed by atoms with Crippen LogP contribution < -0.4 is 15.4 Å². The number of benzene rings is 1.